The number of nitrogens with zero attached hydrogens (tertiary/aromatic N) is 2. The van der Waals surface area contributed by atoms with E-state index in [1.165, 1.54) is 0 Å². The van der Waals surface area contributed by atoms with Gasteiger partial charge in [0.15, 0.2) is 0 Å². The summed E-state index contributed by atoms with van der Waals surface area (Å²) in [4.78, 5) is 18.9. The van der Waals surface area contributed by atoms with Crippen LogP contribution in [0.1, 0.15) is 26.2 Å². The van der Waals surface area contributed by atoms with E-state index in [9.17, 15) is 4.79 Å². The van der Waals surface area contributed by atoms with Gasteiger partial charge in [0.1, 0.15) is 10.6 Å². The molecule has 17 heavy (non-hydrogen) atoms. The molecule has 0 bridgehead atoms. The first-order chi connectivity index (χ1) is 8.02. The first kappa shape index (κ1) is 13.9. The zero-order valence-corrected chi connectivity index (χ0v) is 10.6. The number of thioether (sulfide) groups is 1. The summed E-state index contributed by atoms with van der Waals surface area (Å²) in [5, 5.41) is 9.72. The van der Waals surface area contributed by atoms with Crippen molar-refractivity contribution in [1.82, 2.24) is 9.97 Å². The fourth-order valence-electron chi connectivity index (χ4n) is 1.24. The molecule has 1 rings (SSSR count). The average molecular weight is 255 g/mol. The number of carboxylic acid groups (broad SMARTS) is 1. The number of rotatable bonds is 7. The van der Waals surface area contributed by atoms with Gasteiger partial charge in [-0.25, -0.2) is 4.98 Å². The summed E-state index contributed by atoms with van der Waals surface area (Å²) in [6.45, 7) is 1.55. The van der Waals surface area contributed by atoms with Crippen LogP contribution in [0.3, 0.4) is 0 Å². The fraction of sp³-hybridized carbons (Fsp3) is 0.545. The molecule has 6 heteroatoms. The highest BCUT2D eigenvalue weighted by atomic mass is 32.2. The van der Waals surface area contributed by atoms with Gasteiger partial charge in [-0.2, -0.15) is 0 Å². The van der Waals surface area contributed by atoms with Crippen LogP contribution < -0.4 is 5.73 Å². The van der Waals surface area contributed by atoms with E-state index in [0.717, 1.165) is 23.6 Å². The maximum atomic E-state index is 10.8. The van der Waals surface area contributed by atoms with Crippen LogP contribution in [-0.4, -0.2) is 32.3 Å². The summed E-state index contributed by atoms with van der Waals surface area (Å²) in [6.07, 6.45) is 7.21. The van der Waals surface area contributed by atoms with Gasteiger partial charge in [0, 0.05) is 12.4 Å². The minimum Gasteiger partial charge on any atom is -0.480 e. The van der Waals surface area contributed by atoms with Crippen LogP contribution in [-0.2, 0) is 4.79 Å². The van der Waals surface area contributed by atoms with Crippen molar-refractivity contribution in [3.8, 4) is 0 Å². The molecule has 1 aromatic heterocycles. The highest BCUT2D eigenvalue weighted by Gasteiger charge is 2.26. The Balaban J connectivity index is 2.15. The summed E-state index contributed by atoms with van der Waals surface area (Å²) in [7, 11) is 0. The molecule has 1 unspecified atom stereocenters. The second-order valence-electron chi connectivity index (χ2n) is 4.07. The van der Waals surface area contributed by atoms with Crippen LogP contribution in [0.15, 0.2) is 23.6 Å². The highest BCUT2D eigenvalue weighted by molar-refractivity contribution is 7.99. The SMILES string of the molecule is CC(N)(CCCCSc1cnccn1)C(=O)O. The summed E-state index contributed by atoms with van der Waals surface area (Å²) in [5.74, 6) is -0.0481. The van der Waals surface area contributed by atoms with E-state index in [1.807, 2.05) is 0 Å². The zero-order chi connectivity index (χ0) is 12.7. The molecule has 0 saturated heterocycles. The number of aliphatic carboxylic acids is 1. The number of unbranched alkanes of at least 4 members (excludes halogenated alkanes) is 1. The van der Waals surface area contributed by atoms with Crippen LogP contribution in [0.2, 0.25) is 0 Å². The van der Waals surface area contributed by atoms with Gasteiger partial charge < -0.3 is 10.8 Å². The Morgan fingerprint density at radius 1 is 1.53 bits per heavy atom. The fourth-order valence-corrected chi connectivity index (χ4v) is 2.07. The third-order valence-electron chi connectivity index (χ3n) is 2.37. The molecule has 0 aliphatic heterocycles. The number of carbonyl (C=O) groups is 1. The van der Waals surface area contributed by atoms with Gasteiger partial charge in [0.25, 0.3) is 0 Å². The Kier molecular flexibility index (Phi) is 5.37. The van der Waals surface area contributed by atoms with Crippen molar-refractivity contribution in [3.63, 3.8) is 0 Å². The van der Waals surface area contributed by atoms with Crippen molar-refractivity contribution >= 4 is 17.7 Å². The van der Waals surface area contributed by atoms with E-state index < -0.39 is 11.5 Å². The third-order valence-corrected chi connectivity index (χ3v) is 3.37. The van der Waals surface area contributed by atoms with Crippen LogP contribution in [0.5, 0.6) is 0 Å². The van der Waals surface area contributed by atoms with Crippen LogP contribution in [0.25, 0.3) is 0 Å². The maximum Gasteiger partial charge on any atom is 0.323 e. The minimum atomic E-state index is -1.11. The first-order valence-electron chi connectivity index (χ1n) is 5.43. The molecular weight excluding hydrogens is 238 g/mol. The summed E-state index contributed by atoms with van der Waals surface area (Å²) >= 11 is 1.62. The Morgan fingerprint density at radius 3 is 2.88 bits per heavy atom. The van der Waals surface area contributed by atoms with Gasteiger partial charge in [-0.1, -0.05) is 6.42 Å². The minimum absolute atomic E-state index is 0.489. The second kappa shape index (κ2) is 6.56. The molecule has 0 radical (unpaired) electrons. The predicted octanol–water partition coefficient (Wildman–Crippen LogP) is 1.54. The van der Waals surface area contributed by atoms with Crippen LogP contribution in [0.4, 0.5) is 0 Å². The summed E-state index contributed by atoms with van der Waals surface area (Å²) in [5.41, 5.74) is 4.51. The number of hydrogen-bond acceptors (Lipinski definition) is 5. The van der Waals surface area contributed by atoms with E-state index in [0.29, 0.717) is 6.42 Å². The molecule has 0 amide bonds. The number of hydrogen-bond donors (Lipinski definition) is 2. The lowest BCUT2D eigenvalue weighted by Crippen LogP contribution is -2.44. The monoisotopic (exact) mass is 255 g/mol. The molecule has 0 aliphatic carbocycles. The van der Waals surface area contributed by atoms with Crippen molar-refractivity contribution in [1.29, 1.82) is 0 Å². The van der Waals surface area contributed by atoms with Crippen LogP contribution >= 0.6 is 11.8 Å². The predicted molar refractivity (Wildman–Crippen MR) is 66.8 cm³/mol. The molecule has 3 N–H and O–H groups in total. The summed E-state index contributed by atoms with van der Waals surface area (Å²) in [6, 6.07) is 0. The lowest BCUT2D eigenvalue weighted by atomic mass is 9.97. The largest absolute Gasteiger partial charge is 0.480 e. The molecule has 5 nitrogen and oxygen atoms in total. The van der Waals surface area contributed by atoms with E-state index in [2.05, 4.69) is 9.97 Å². The third kappa shape index (κ3) is 5.14. The van der Waals surface area contributed by atoms with Gasteiger partial charge >= 0.3 is 5.97 Å². The van der Waals surface area contributed by atoms with Crippen molar-refractivity contribution in [2.45, 2.75) is 36.8 Å². The Labute approximate surface area is 105 Å². The molecule has 94 valence electrons. The summed E-state index contributed by atoms with van der Waals surface area (Å²) < 4.78 is 0. The van der Waals surface area contributed by atoms with E-state index in [4.69, 9.17) is 10.8 Å². The normalized spacial score (nSPS) is 14.2. The first-order valence-corrected chi connectivity index (χ1v) is 6.42. The number of aromatic nitrogens is 2. The molecular formula is C11H17N3O2S. The number of carboxylic acids is 1. The standard InChI is InChI=1S/C11H17N3O2S/c1-11(12,10(15)16)4-2-3-7-17-9-8-13-5-6-14-9/h5-6,8H,2-4,7,12H2,1H3,(H,15,16). The van der Waals surface area contributed by atoms with Gasteiger partial charge in [-0.3, -0.25) is 9.78 Å². The molecule has 1 atom stereocenters. The average Bonchev–Trinajstić information content (AvgIpc) is 2.29. The maximum absolute atomic E-state index is 10.8. The van der Waals surface area contributed by atoms with Crippen molar-refractivity contribution in [2.24, 2.45) is 5.73 Å². The zero-order valence-electron chi connectivity index (χ0n) is 9.80. The molecule has 0 fully saturated rings. The molecule has 1 heterocycles. The second-order valence-corrected chi connectivity index (χ2v) is 5.19. The lowest BCUT2D eigenvalue weighted by molar-refractivity contribution is -0.142. The smallest absolute Gasteiger partial charge is 0.323 e. The molecule has 1 aromatic rings. The van der Waals surface area contributed by atoms with Crippen LogP contribution in [0, 0.1) is 0 Å². The van der Waals surface area contributed by atoms with E-state index in [1.54, 1.807) is 37.3 Å². The van der Waals surface area contributed by atoms with E-state index in [-0.39, 0.29) is 0 Å². The highest BCUT2D eigenvalue weighted by Crippen LogP contribution is 2.17. The van der Waals surface area contributed by atoms with Gasteiger partial charge in [0.05, 0.1) is 6.20 Å². The Morgan fingerprint density at radius 2 is 2.29 bits per heavy atom. The number of nitrogens with two attached hydrogens (primary N) is 1. The molecule has 0 aromatic carbocycles. The van der Waals surface area contributed by atoms with E-state index >= 15 is 0 Å². The van der Waals surface area contributed by atoms with Crippen molar-refractivity contribution in [2.75, 3.05) is 5.75 Å². The Hall–Kier alpha value is -1.14. The topological polar surface area (TPSA) is 89.1 Å². The molecule has 0 spiro atoms. The lowest BCUT2D eigenvalue weighted by Gasteiger charge is -2.18. The van der Waals surface area contributed by atoms with Gasteiger partial charge in [0.2, 0.25) is 0 Å². The van der Waals surface area contributed by atoms with Gasteiger partial charge in [-0.15, -0.1) is 11.8 Å². The van der Waals surface area contributed by atoms with Crippen molar-refractivity contribution in [3.05, 3.63) is 18.6 Å². The molecule has 0 aliphatic rings. The quantitative estimate of drug-likeness (QED) is 0.567. The van der Waals surface area contributed by atoms with Gasteiger partial charge in [-0.05, 0) is 25.5 Å². The van der Waals surface area contributed by atoms with Crippen molar-refractivity contribution < 1.29 is 9.90 Å². The Bertz CT molecular complexity index is 357. The molecule has 0 saturated carbocycles.